The van der Waals surface area contributed by atoms with E-state index in [0.717, 1.165) is 39.0 Å². The molecule has 190 valence electrons. The lowest BCUT2D eigenvalue weighted by atomic mass is 9.76. The summed E-state index contributed by atoms with van der Waals surface area (Å²) in [6.07, 6.45) is 0. The molecule has 6 nitrogen and oxygen atoms in total. The average molecular weight is 517 g/mol. The van der Waals surface area contributed by atoms with Gasteiger partial charge in [-0.1, -0.05) is 43.1 Å². The second-order valence-electron chi connectivity index (χ2n) is 10.2. The van der Waals surface area contributed by atoms with Gasteiger partial charge in [0, 0.05) is 22.6 Å². The number of pyridine rings is 1. The Morgan fingerprint density at radius 2 is 1.86 bits per heavy atom. The summed E-state index contributed by atoms with van der Waals surface area (Å²) in [6, 6.07) is 11.4. The Hall–Kier alpha value is -3.13. The maximum atomic E-state index is 13.2. The summed E-state index contributed by atoms with van der Waals surface area (Å²) in [4.78, 5) is 17.9. The van der Waals surface area contributed by atoms with Crippen LogP contribution >= 0.6 is 11.6 Å². The number of nitrogens with one attached hydrogen (secondary N) is 1. The molecular formula is C29H30BClN2O4. The number of nitrogens with zero attached hydrogens (tertiary/aromatic N) is 1. The zero-order valence-corrected chi connectivity index (χ0v) is 22.7. The molecule has 0 fully saturated rings. The van der Waals surface area contributed by atoms with Crippen LogP contribution in [0.2, 0.25) is 5.15 Å². The van der Waals surface area contributed by atoms with Crippen molar-refractivity contribution in [2.75, 3.05) is 5.32 Å². The number of fused-ring (bicyclic) bond motifs is 2. The summed E-state index contributed by atoms with van der Waals surface area (Å²) >= 11 is 6.33. The van der Waals surface area contributed by atoms with Gasteiger partial charge in [0.15, 0.2) is 5.43 Å². The Morgan fingerprint density at radius 1 is 1.11 bits per heavy atom. The predicted octanol–water partition coefficient (Wildman–Crippen LogP) is 5.95. The largest absolute Gasteiger partial charge is 0.492 e. The number of aromatic nitrogens is 1. The lowest BCUT2D eigenvalue weighted by molar-refractivity contribution is 0.275. The molecule has 0 amide bonds. The first kappa shape index (κ1) is 25.5. The van der Waals surface area contributed by atoms with Crippen LogP contribution in [0.3, 0.4) is 0 Å². The van der Waals surface area contributed by atoms with Crippen LogP contribution in [0.1, 0.15) is 66.3 Å². The van der Waals surface area contributed by atoms with Crippen LogP contribution < -0.4 is 16.2 Å². The zero-order chi connectivity index (χ0) is 26.6. The van der Waals surface area contributed by atoms with Crippen LogP contribution in [0.4, 0.5) is 5.69 Å². The summed E-state index contributed by atoms with van der Waals surface area (Å²) in [5.41, 5.74) is 8.21. The maximum Gasteiger partial charge on any atom is 0.492 e. The van der Waals surface area contributed by atoms with Crippen molar-refractivity contribution in [3.05, 3.63) is 85.4 Å². The second kappa shape index (κ2) is 9.64. The normalized spacial score (nSPS) is 13.9. The van der Waals surface area contributed by atoms with E-state index in [4.69, 9.17) is 20.7 Å². The van der Waals surface area contributed by atoms with Crippen molar-refractivity contribution in [3.8, 4) is 11.3 Å². The molecule has 0 bridgehead atoms. The van der Waals surface area contributed by atoms with Crippen molar-refractivity contribution in [1.82, 2.24) is 4.98 Å². The number of aryl methyl sites for hydroxylation is 2. The third-order valence-electron chi connectivity index (χ3n) is 7.04. The van der Waals surface area contributed by atoms with Gasteiger partial charge in [0.2, 0.25) is 0 Å². The third kappa shape index (κ3) is 4.56. The van der Waals surface area contributed by atoms with Gasteiger partial charge >= 0.3 is 7.12 Å². The molecule has 5 rings (SSSR count). The highest BCUT2D eigenvalue weighted by molar-refractivity contribution is 6.62. The number of benzene rings is 2. The van der Waals surface area contributed by atoms with E-state index < -0.39 is 7.12 Å². The first-order chi connectivity index (χ1) is 17.5. The van der Waals surface area contributed by atoms with Crippen LogP contribution in [0.15, 0.2) is 45.6 Å². The molecular weight excluding hydrogens is 487 g/mol. The van der Waals surface area contributed by atoms with Gasteiger partial charge in [-0.05, 0) is 68.6 Å². The molecule has 0 saturated carbocycles. The van der Waals surface area contributed by atoms with Gasteiger partial charge in [0.25, 0.3) is 0 Å². The Labute approximate surface area is 221 Å². The number of anilines is 1. The van der Waals surface area contributed by atoms with Gasteiger partial charge < -0.3 is 19.4 Å². The van der Waals surface area contributed by atoms with E-state index in [9.17, 15) is 9.82 Å². The quantitative estimate of drug-likeness (QED) is 0.252. The molecule has 0 saturated heterocycles. The van der Waals surface area contributed by atoms with Crippen LogP contribution in [0.25, 0.3) is 22.2 Å². The highest BCUT2D eigenvalue weighted by atomic mass is 35.5. The van der Waals surface area contributed by atoms with Gasteiger partial charge in [-0.15, -0.1) is 0 Å². The van der Waals surface area contributed by atoms with Crippen LogP contribution in [-0.2, 0) is 11.3 Å². The fraction of sp³-hybridized carbons (Fsp3) is 0.310. The minimum absolute atomic E-state index is 0.00831. The molecule has 1 atom stereocenters. The Morgan fingerprint density at radius 3 is 2.59 bits per heavy atom. The molecule has 2 N–H and O–H groups in total. The summed E-state index contributed by atoms with van der Waals surface area (Å²) in [7, 11) is -0.905. The number of rotatable bonds is 5. The minimum Gasteiger partial charge on any atom is -0.460 e. The van der Waals surface area contributed by atoms with Gasteiger partial charge in [-0.25, -0.2) is 4.98 Å². The lowest BCUT2D eigenvalue weighted by Gasteiger charge is -2.21. The zero-order valence-electron chi connectivity index (χ0n) is 21.9. The molecule has 2 aromatic heterocycles. The van der Waals surface area contributed by atoms with Crippen molar-refractivity contribution in [2.45, 2.75) is 60.1 Å². The number of hydrogen-bond donors (Lipinski definition) is 2. The third-order valence-corrected chi connectivity index (χ3v) is 7.25. The van der Waals surface area contributed by atoms with Crippen molar-refractivity contribution in [2.24, 2.45) is 0 Å². The van der Waals surface area contributed by atoms with Crippen molar-refractivity contribution in [3.63, 3.8) is 0 Å². The predicted molar refractivity (Wildman–Crippen MR) is 150 cm³/mol. The molecule has 37 heavy (non-hydrogen) atoms. The molecule has 8 heteroatoms. The summed E-state index contributed by atoms with van der Waals surface area (Å²) in [5, 5.41) is 14.7. The average Bonchev–Trinajstić information content (AvgIpc) is 3.23. The Kier molecular flexibility index (Phi) is 6.65. The van der Waals surface area contributed by atoms with Crippen molar-refractivity contribution >= 4 is 40.8 Å². The van der Waals surface area contributed by atoms with E-state index in [-0.39, 0.29) is 17.4 Å². The van der Waals surface area contributed by atoms with Crippen molar-refractivity contribution in [1.29, 1.82) is 0 Å². The lowest BCUT2D eigenvalue weighted by Crippen LogP contribution is -2.30. The fourth-order valence-corrected chi connectivity index (χ4v) is 5.42. The molecule has 0 aliphatic carbocycles. The number of hydrogen-bond acceptors (Lipinski definition) is 6. The SMILES string of the molecule is Cc1cc([C@@H](C)Nc2ccc(Cl)nc2-c2cc(C)c3c(c2)COB3O)c2oc(C(C)C)c(C)c(=O)c2c1. The van der Waals surface area contributed by atoms with E-state index in [1.165, 1.54) is 0 Å². The van der Waals surface area contributed by atoms with Crippen LogP contribution in [0.5, 0.6) is 0 Å². The van der Waals surface area contributed by atoms with Crippen LogP contribution in [0, 0.1) is 20.8 Å². The van der Waals surface area contributed by atoms with Crippen LogP contribution in [-0.4, -0.2) is 17.1 Å². The topological polar surface area (TPSA) is 84.6 Å². The highest BCUT2D eigenvalue weighted by Crippen LogP contribution is 2.35. The van der Waals surface area contributed by atoms with Gasteiger partial charge in [-0.3, -0.25) is 4.79 Å². The van der Waals surface area contributed by atoms with E-state index in [1.807, 2.05) is 65.8 Å². The fourth-order valence-electron chi connectivity index (χ4n) is 5.27. The molecule has 2 aromatic carbocycles. The molecule has 0 radical (unpaired) electrons. The minimum atomic E-state index is -0.905. The van der Waals surface area contributed by atoms with Gasteiger partial charge in [0.05, 0.1) is 29.4 Å². The first-order valence-corrected chi connectivity index (χ1v) is 12.9. The Balaban J connectivity index is 1.61. The smallest absolute Gasteiger partial charge is 0.460 e. The van der Waals surface area contributed by atoms with E-state index in [2.05, 4.69) is 16.4 Å². The van der Waals surface area contributed by atoms with E-state index in [0.29, 0.717) is 39.7 Å². The molecule has 1 aliphatic rings. The summed E-state index contributed by atoms with van der Waals surface area (Å²) in [5.74, 6) is 0.800. The maximum absolute atomic E-state index is 13.2. The van der Waals surface area contributed by atoms with Crippen molar-refractivity contribution < 1.29 is 14.1 Å². The highest BCUT2D eigenvalue weighted by Gasteiger charge is 2.30. The molecule has 0 spiro atoms. The first-order valence-electron chi connectivity index (χ1n) is 12.5. The number of halogens is 1. The van der Waals surface area contributed by atoms with Gasteiger partial charge in [0.1, 0.15) is 16.5 Å². The monoisotopic (exact) mass is 516 g/mol. The molecule has 1 aliphatic heterocycles. The standard InChI is InChI=1S/C29H30BClN2O4/c1-14(2)28-17(5)27(34)22-10-15(3)9-21(29(22)37-28)18(6)32-23-7-8-24(31)33-26(23)19-11-16(4)25-20(12-19)13-36-30(25)35/h7-12,14,18,32,35H,13H2,1-6H3/t18-/m1/s1. The van der Waals surface area contributed by atoms with E-state index in [1.54, 1.807) is 6.07 Å². The molecule has 0 unspecified atom stereocenters. The summed E-state index contributed by atoms with van der Waals surface area (Å²) in [6.45, 7) is 12.2. The summed E-state index contributed by atoms with van der Waals surface area (Å²) < 4.78 is 11.8. The van der Waals surface area contributed by atoms with E-state index >= 15 is 0 Å². The molecule has 3 heterocycles. The van der Waals surface area contributed by atoms with Gasteiger partial charge in [-0.2, -0.15) is 0 Å². The Bertz CT molecular complexity index is 1600. The second-order valence-corrected chi connectivity index (χ2v) is 10.6. The molecule has 4 aromatic rings.